The van der Waals surface area contributed by atoms with Gasteiger partial charge in [-0.05, 0) is 35.1 Å². The molecule has 0 aliphatic carbocycles. The van der Waals surface area contributed by atoms with Gasteiger partial charge in [-0.2, -0.15) is 0 Å². The first-order valence-electron chi connectivity index (χ1n) is 9.63. The predicted molar refractivity (Wildman–Crippen MR) is 116 cm³/mol. The molecule has 2 aromatic carbocycles. The van der Waals surface area contributed by atoms with Crippen LogP contribution in [0.4, 0.5) is 5.69 Å². The zero-order valence-electron chi connectivity index (χ0n) is 17.8. The van der Waals surface area contributed by atoms with Crippen molar-refractivity contribution < 1.29 is 17.9 Å². The van der Waals surface area contributed by atoms with E-state index in [4.69, 9.17) is 4.74 Å². The molecule has 2 N–H and O–H groups in total. The summed E-state index contributed by atoms with van der Waals surface area (Å²) in [5.74, 6) is 0.482. The smallest absolute Gasteiger partial charge is 0.241 e. The van der Waals surface area contributed by atoms with Gasteiger partial charge in [-0.15, -0.1) is 0 Å². The van der Waals surface area contributed by atoms with Crippen LogP contribution in [0.1, 0.15) is 57.7 Å². The van der Waals surface area contributed by atoms with Crippen molar-refractivity contribution in [1.29, 1.82) is 0 Å². The highest BCUT2D eigenvalue weighted by Gasteiger charge is 2.25. The Balaban J connectivity index is 2.34. The van der Waals surface area contributed by atoms with Crippen LogP contribution in [0, 0.1) is 5.92 Å². The number of nitrogens with one attached hydrogen (secondary N) is 2. The van der Waals surface area contributed by atoms with E-state index >= 15 is 0 Å². The van der Waals surface area contributed by atoms with Gasteiger partial charge in [0.2, 0.25) is 15.9 Å². The second kappa shape index (κ2) is 9.41. The third kappa shape index (κ3) is 5.81. The molecule has 2 aromatic rings. The average molecular weight is 419 g/mol. The number of carbonyl (C=O) groups is 1. The van der Waals surface area contributed by atoms with Gasteiger partial charge in [0, 0.05) is 19.0 Å². The lowest BCUT2D eigenvalue weighted by molar-refractivity contribution is -0.114. The highest BCUT2D eigenvalue weighted by molar-refractivity contribution is 7.89. The van der Waals surface area contributed by atoms with Gasteiger partial charge in [0.25, 0.3) is 0 Å². The van der Waals surface area contributed by atoms with Crippen LogP contribution in [0.2, 0.25) is 0 Å². The molecule has 0 aliphatic rings. The maximum atomic E-state index is 13.0. The summed E-state index contributed by atoms with van der Waals surface area (Å²) in [4.78, 5) is 11.4. The zero-order chi connectivity index (χ0) is 21.8. The van der Waals surface area contributed by atoms with E-state index in [1.54, 1.807) is 0 Å². The van der Waals surface area contributed by atoms with E-state index in [9.17, 15) is 13.2 Å². The number of benzene rings is 2. The molecule has 0 aliphatic heterocycles. The van der Waals surface area contributed by atoms with Gasteiger partial charge in [-0.25, -0.2) is 13.1 Å². The molecule has 0 radical (unpaired) electrons. The minimum absolute atomic E-state index is 0.0511. The fourth-order valence-corrected chi connectivity index (χ4v) is 4.43. The molecule has 6 nitrogen and oxygen atoms in total. The SMILES string of the molecule is COc1cc(S(=O)(=O)N[C@H](c2ccc(C(C)C)cc2)C(C)C)ccc1NC(C)=O. The van der Waals surface area contributed by atoms with E-state index in [-0.39, 0.29) is 28.5 Å². The number of sulfonamides is 1. The largest absolute Gasteiger partial charge is 0.495 e. The van der Waals surface area contributed by atoms with Crippen LogP contribution < -0.4 is 14.8 Å². The first kappa shape index (κ1) is 22.9. The van der Waals surface area contributed by atoms with Crippen LogP contribution in [0.15, 0.2) is 47.4 Å². The van der Waals surface area contributed by atoms with Crippen LogP contribution in [0.25, 0.3) is 0 Å². The van der Waals surface area contributed by atoms with Gasteiger partial charge < -0.3 is 10.1 Å². The molecule has 2 rings (SSSR count). The molecule has 0 aromatic heterocycles. The standard InChI is InChI=1S/C22H30N2O4S/c1-14(2)17-7-9-18(10-8-17)22(15(3)4)24-29(26,27)19-11-12-20(23-16(5)25)21(13-19)28-6/h7-15,22,24H,1-6H3,(H,23,25)/t22-/m0/s1. The molecule has 29 heavy (non-hydrogen) atoms. The highest BCUT2D eigenvalue weighted by Crippen LogP contribution is 2.30. The summed E-state index contributed by atoms with van der Waals surface area (Å²) in [5, 5.41) is 2.62. The van der Waals surface area contributed by atoms with Gasteiger partial charge in [0.05, 0.1) is 17.7 Å². The number of hydrogen-bond donors (Lipinski definition) is 2. The molecule has 7 heteroatoms. The number of amides is 1. The molecule has 0 spiro atoms. The lowest BCUT2D eigenvalue weighted by Gasteiger charge is -2.23. The van der Waals surface area contributed by atoms with Crippen molar-refractivity contribution in [2.45, 2.75) is 51.5 Å². The van der Waals surface area contributed by atoms with E-state index < -0.39 is 10.0 Å². The van der Waals surface area contributed by atoms with Crippen LogP contribution in [0.3, 0.4) is 0 Å². The summed E-state index contributed by atoms with van der Waals surface area (Å²) < 4.78 is 34.1. The fourth-order valence-electron chi connectivity index (χ4n) is 3.04. The van der Waals surface area contributed by atoms with Crippen LogP contribution in [-0.4, -0.2) is 21.4 Å². The molecule has 0 unspecified atom stereocenters. The quantitative estimate of drug-likeness (QED) is 0.663. The van der Waals surface area contributed by atoms with E-state index in [1.807, 2.05) is 38.1 Å². The lowest BCUT2D eigenvalue weighted by Crippen LogP contribution is -2.32. The summed E-state index contributed by atoms with van der Waals surface area (Å²) >= 11 is 0. The Bertz CT molecular complexity index is 951. The Morgan fingerprint density at radius 1 is 0.966 bits per heavy atom. The van der Waals surface area contributed by atoms with E-state index in [2.05, 4.69) is 23.9 Å². The summed E-state index contributed by atoms with van der Waals surface area (Å²) in [6.45, 7) is 9.57. The zero-order valence-corrected chi connectivity index (χ0v) is 18.6. The number of ether oxygens (including phenoxy) is 1. The third-order valence-electron chi connectivity index (χ3n) is 4.71. The summed E-state index contributed by atoms with van der Waals surface area (Å²) in [7, 11) is -2.37. The first-order valence-corrected chi connectivity index (χ1v) is 11.1. The molecule has 0 heterocycles. The van der Waals surface area contributed by atoms with E-state index in [0.717, 1.165) is 5.56 Å². The number of rotatable bonds is 8. The van der Waals surface area contributed by atoms with Gasteiger partial charge in [-0.3, -0.25) is 4.79 Å². The molecular weight excluding hydrogens is 388 g/mol. The van der Waals surface area contributed by atoms with Crippen LogP contribution >= 0.6 is 0 Å². The molecule has 1 amide bonds. The van der Waals surface area contributed by atoms with Crippen LogP contribution in [0.5, 0.6) is 5.75 Å². The lowest BCUT2D eigenvalue weighted by atomic mass is 9.94. The Morgan fingerprint density at radius 2 is 1.55 bits per heavy atom. The van der Waals surface area contributed by atoms with Crippen molar-refractivity contribution in [2.75, 3.05) is 12.4 Å². The molecule has 0 saturated heterocycles. The minimum atomic E-state index is -3.80. The van der Waals surface area contributed by atoms with Gasteiger partial charge in [-0.1, -0.05) is 52.0 Å². The minimum Gasteiger partial charge on any atom is -0.495 e. The van der Waals surface area contributed by atoms with Crippen molar-refractivity contribution in [2.24, 2.45) is 5.92 Å². The van der Waals surface area contributed by atoms with Gasteiger partial charge >= 0.3 is 0 Å². The summed E-state index contributed by atoms with van der Waals surface area (Å²) in [6, 6.07) is 12.0. The maximum Gasteiger partial charge on any atom is 0.241 e. The molecule has 0 fully saturated rings. The van der Waals surface area contributed by atoms with Gasteiger partial charge in [0.15, 0.2) is 0 Å². The van der Waals surface area contributed by atoms with Crippen molar-refractivity contribution in [1.82, 2.24) is 4.72 Å². The predicted octanol–water partition coefficient (Wildman–Crippen LogP) is 4.45. The molecule has 1 atom stereocenters. The van der Waals surface area contributed by atoms with Crippen LogP contribution in [-0.2, 0) is 14.8 Å². The Kier molecular flexibility index (Phi) is 7.43. The van der Waals surface area contributed by atoms with Crippen molar-refractivity contribution in [3.05, 3.63) is 53.6 Å². The third-order valence-corrected chi connectivity index (χ3v) is 6.14. The maximum absolute atomic E-state index is 13.0. The summed E-state index contributed by atoms with van der Waals surface area (Å²) in [6.07, 6.45) is 0. The summed E-state index contributed by atoms with van der Waals surface area (Å²) in [5.41, 5.74) is 2.54. The number of anilines is 1. The van der Waals surface area contributed by atoms with Crippen molar-refractivity contribution >= 4 is 21.6 Å². The number of hydrogen-bond acceptors (Lipinski definition) is 4. The first-order chi connectivity index (χ1) is 13.5. The Morgan fingerprint density at radius 3 is 2.03 bits per heavy atom. The van der Waals surface area contributed by atoms with E-state index in [0.29, 0.717) is 11.6 Å². The van der Waals surface area contributed by atoms with Gasteiger partial charge in [0.1, 0.15) is 5.75 Å². The highest BCUT2D eigenvalue weighted by atomic mass is 32.2. The molecule has 0 saturated carbocycles. The topological polar surface area (TPSA) is 84.5 Å². The fraction of sp³-hybridized carbons (Fsp3) is 0.409. The average Bonchev–Trinajstić information content (AvgIpc) is 2.65. The normalized spacial score (nSPS) is 12.8. The second-order valence-corrected chi connectivity index (χ2v) is 9.42. The molecule has 158 valence electrons. The molecule has 0 bridgehead atoms. The monoisotopic (exact) mass is 418 g/mol. The second-order valence-electron chi connectivity index (χ2n) is 7.71. The Hall–Kier alpha value is -2.38. The van der Waals surface area contributed by atoms with Crippen molar-refractivity contribution in [3.63, 3.8) is 0 Å². The van der Waals surface area contributed by atoms with Crippen molar-refractivity contribution in [3.8, 4) is 5.75 Å². The number of methoxy groups -OCH3 is 1. The number of carbonyl (C=O) groups excluding carboxylic acids is 1. The Labute approximate surface area is 173 Å². The molecular formula is C22H30N2O4S. The van der Waals surface area contributed by atoms with E-state index in [1.165, 1.54) is 37.8 Å².